The van der Waals surface area contributed by atoms with Crippen LogP contribution in [0.2, 0.25) is 0 Å². The number of esters is 1. The first-order valence-electron chi connectivity index (χ1n) is 18.1. The number of unbranched alkanes of at least 4 members (excludes halogenated alkanes) is 5. The molecule has 1 fully saturated rings. The fraction of sp³-hybridized carbons (Fsp3) is 0.694. The van der Waals surface area contributed by atoms with Crippen molar-refractivity contribution in [1.82, 2.24) is 10.2 Å². The lowest BCUT2D eigenvalue weighted by Crippen LogP contribution is -2.54. The molecule has 51 heavy (non-hydrogen) atoms. The van der Waals surface area contributed by atoms with Crippen molar-refractivity contribution in [2.45, 2.75) is 70.8 Å². The van der Waals surface area contributed by atoms with Crippen LogP contribution in [0.3, 0.4) is 0 Å². The minimum Gasteiger partial charge on any atom is -0.463 e. The molecule has 1 atom stereocenters. The van der Waals surface area contributed by atoms with Gasteiger partial charge in [-0.1, -0.05) is 45.1 Å². The standard InChI is InChI=1S/C36H55N3O12/c1-2-3-4-5-6-7-11-32(41)51-27-26-50-25-24-49-23-22-48-21-20-47-19-18-46-17-16-45-15-14-37-29-10-8-9-28-33(29)36(44)39(35(28)43)30-12-13-31(40)38-34(30)42/h8-10,30,37H,2-7,11-27H2,1H3,(H,38,40,42). The summed E-state index contributed by atoms with van der Waals surface area (Å²) in [6.07, 6.45) is 7.49. The van der Waals surface area contributed by atoms with E-state index in [2.05, 4.69) is 17.6 Å². The van der Waals surface area contributed by atoms with Gasteiger partial charge in [0.2, 0.25) is 11.8 Å². The smallest absolute Gasteiger partial charge is 0.305 e. The summed E-state index contributed by atoms with van der Waals surface area (Å²) in [5, 5.41) is 5.33. The molecule has 1 aromatic carbocycles. The van der Waals surface area contributed by atoms with Crippen LogP contribution in [0.4, 0.5) is 5.69 Å². The zero-order valence-electron chi connectivity index (χ0n) is 29.9. The number of piperidine rings is 1. The summed E-state index contributed by atoms with van der Waals surface area (Å²) >= 11 is 0. The molecule has 0 radical (unpaired) electrons. The molecule has 0 saturated carbocycles. The van der Waals surface area contributed by atoms with Crippen LogP contribution in [0.1, 0.15) is 85.4 Å². The SMILES string of the molecule is CCCCCCCCC(=O)OCCOCCOCCOCCOCCOCCOCCNc1cccc2c1C(=O)N(C1CCC(=O)NC1=O)C2=O. The molecule has 0 aromatic heterocycles. The number of nitrogens with zero attached hydrogens (tertiary/aromatic N) is 1. The monoisotopic (exact) mass is 721 g/mol. The molecule has 4 amide bonds. The Kier molecular flexibility index (Phi) is 21.0. The molecule has 0 spiro atoms. The third-order valence-corrected chi connectivity index (χ3v) is 8.12. The van der Waals surface area contributed by atoms with Crippen LogP contribution in [0.5, 0.6) is 0 Å². The van der Waals surface area contributed by atoms with E-state index in [9.17, 15) is 24.0 Å². The topological polar surface area (TPSA) is 177 Å². The molecule has 2 aliphatic heterocycles. The molecular weight excluding hydrogens is 666 g/mol. The summed E-state index contributed by atoms with van der Waals surface area (Å²) in [6, 6.07) is 3.90. The van der Waals surface area contributed by atoms with E-state index in [-0.39, 0.29) is 36.5 Å². The van der Waals surface area contributed by atoms with Crippen molar-refractivity contribution < 1.29 is 57.1 Å². The highest BCUT2D eigenvalue weighted by atomic mass is 16.6. The summed E-state index contributed by atoms with van der Waals surface area (Å²) in [5.74, 6) is -2.33. The van der Waals surface area contributed by atoms with Gasteiger partial charge >= 0.3 is 5.97 Å². The number of imide groups is 2. The fourth-order valence-electron chi connectivity index (χ4n) is 5.46. The predicted molar refractivity (Wildman–Crippen MR) is 185 cm³/mol. The first kappa shape index (κ1) is 41.9. The maximum absolute atomic E-state index is 13.1. The minimum absolute atomic E-state index is 0.0659. The Hall–Kier alpha value is -3.47. The average molecular weight is 722 g/mol. The van der Waals surface area contributed by atoms with Crippen LogP contribution in [0.25, 0.3) is 0 Å². The van der Waals surface area contributed by atoms with Crippen LogP contribution < -0.4 is 10.6 Å². The molecule has 15 heteroatoms. The lowest BCUT2D eigenvalue weighted by molar-refractivity contribution is -0.145. The summed E-state index contributed by atoms with van der Waals surface area (Å²) in [7, 11) is 0. The van der Waals surface area contributed by atoms with Crippen LogP contribution in [-0.4, -0.2) is 133 Å². The number of benzene rings is 1. The van der Waals surface area contributed by atoms with E-state index in [1.54, 1.807) is 18.2 Å². The molecule has 2 heterocycles. The maximum atomic E-state index is 13.1. The van der Waals surface area contributed by atoms with Gasteiger partial charge in [0, 0.05) is 25.1 Å². The van der Waals surface area contributed by atoms with E-state index in [1.165, 1.54) is 25.7 Å². The van der Waals surface area contributed by atoms with E-state index >= 15 is 0 Å². The van der Waals surface area contributed by atoms with Crippen molar-refractivity contribution in [3.8, 4) is 0 Å². The van der Waals surface area contributed by atoms with Gasteiger partial charge in [0.15, 0.2) is 0 Å². The van der Waals surface area contributed by atoms with Gasteiger partial charge in [-0.25, -0.2) is 0 Å². The first-order chi connectivity index (χ1) is 24.9. The Balaban J connectivity index is 1.06. The van der Waals surface area contributed by atoms with Gasteiger partial charge < -0.3 is 38.5 Å². The van der Waals surface area contributed by atoms with Gasteiger partial charge in [-0.3, -0.25) is 34.2 Å². The summed E-state index contributed by atoms with van der Waals surface area (Å²) in [6.45, 7) is 7.78. The van der Waals surface area contributed by atoms with Gasteiger partial charge in [0.1, 0.15) is 12.6 Å². The normalized spacial score (nSPS) is 15.7. The maximum Gasteiger partial charge on any atom is 0.305 e. The molecule has 2 aliphatic rings. The van der Waals surface area contributed by atoms with Crippen LogP contribution in [0, 0.1) is 0 Å². The number of carbonyl (C=O) groups is 5. The van der Waals surface area contributed by atoms with E-state index in [0.29, 0.717) is 97.9 Å². The molecule has 3 rings (SSSR count). The second kappa shape index (κ2) is 25.5. The number of anilines is 1. The van der Waals surface area contributed by atoms with Gasteiger partial charge in [-0.05, 0) is 25.0 Å². The largest absolute Gasteiger partial charge is 0.463 e. The van der Waals surface area contributed by atoms with Gasteiger partial charge in [-0.15, -0.1) is 0 Å². The van der Waals surface area contributed by atoms with Crippen molar-refractivity contribution in [2.24, 2.45) is 0 Å². The molecule has 15 nitrogen and oxygen atoms in total. The fourth-order valence-corrected chi connectivity index (χ4v) is 5.46. The molecule has 1 aromatic rings. The van der Waals surface area contributed by atoms with Crippen molar-refractivity contribution in [3.63, 3.8) is 0 Å². The zero-order chi connectivity index (χ0) is 36.5. The molecule has 1 unspecified atom stereocenters. The Morgan fingerprint density at radius 1 is 0.725 bits per heavy atom. The third kappa shape index (κ3) is 15.8. The van der Waals surface area contributed by atoms with Crippen molar-refractivity contribution in [3.05, 3.63) is 29.3 Å². The average Bonchev–Trinajstić information content (AvgIpc) is 3.37. The number of hydrogen-bond donors (Lipinski definition) is 2. The second-order valence-corrected chi connectivity index (χ2v) is 12.0. The van der Waals surface area contributed by atoms with Crippen molar-refractivity contribution in [2.75, 3.05) is 97.8 Å². The molecule has 0 aliphatic carbocycles. The quantitative estimate of drug-likeness (QED) is 0.0674. The highest BCUT2D eigenvalue weighted by molar-refractivity contribution is 6.25. The number of nitrogens with one attached hydrogen (secondary N) is 2. The van der Waals surface area contributed by atoms with E-state index in [0.717, 1.165) is 17.7 Å². The highest BCUT2D eigenvalue weighted by Crippen LogP contribution is 2.32. The number of fused-ring (bicyclic) bond motifs is 1. The molecule has 0 bridgehead atoms. The number of hydrogen-bond acceptors (Lipinski definition) is 13. The highest BCUT2D eigenvalue weighted by Gasteiger charge is 2.45. The van der Waals surface area contributed by atoms with Gasteiger partial charge in [0.25, 0.3) is 11.8 Å². The lowest BCUT2D eigenvalue weighted by atomic mass is 10.0. The van der Waals surface area contributed by atoms with Crippen LogP contribution in [-0.2, 0) is 47.5 Å². The zero-order valence-corrected chi connectivity index (χ0v) is 29.9. The van der Waals surface area contributed by atoms with E-state index in [4.69, 9.17) is 33.2 Å². The number of ether oxygens (including phenoxy) is 7. The van der Waals surface area contributed by atoms with Gasteiger partial charge in [-0.2, -0.15) is 0 Å². The first-order valence-corrected chi connectivity index (χ1v) is 18.1. The Morgan fingerprint density at radius 2 is 1.27 bits per heavy atom. The molecular formula is C36H55N3O12. The Bertz CT molecular complexity index is 1230. The molecule has 2 N–H and O–H groups in total. The van der Waals surface area contributed by atoms with Crippen molar-refractivity contribution >= 4 is 35.3 Å². The molecule has 286 valence electrons. The summed E-state index contributed by atoms with van der Waals surface area (Å²) < 4.78 is 38.1. The van der Waals surface area contributed by atoms with Crippen LogP contribution >= 0.6 is 0 Å². The number of carbonyl (C=O) groups excluding carboxylic acids is 5. The second-order valence-electron chi connectivity index (χ2n) is 12.0. The lowest BCUT2D eigenvalue weighted by Gasteiger charge is -2.27. The van der Waals surface area contributed by atoms with E-state index < -0.39 is 29.7 Å². The Labute approximate surface area is 300 Å². The van der Waals surface area contributed by atoms with Gasteiger partial charge in [0.05, 0.1) is 90.4 Å². The summed E-state index contributed by atoms with van der Waals surface area (Å²) in [4.78, 5) is 62.5. The Morgan fingerprint density at radius 3 is 1.86 bits per heavy atom. The molecule has 1 saturated heterocycles. The van der Waals surface area contributed by atoms with E-state index in [1.807, 2.05) is 0 Å². The predicted octanol–water partition coefficient (Wildman–Crippen LogP) is 2.89. The van der Waals surface area contributed by atoms with Crippen molar-refractivity contribution in [1.29, 1.82) is 0 Å². The summed E-state index contributed by atoms with van der Waals surface area (Å²) in [5.41, 5.74) is 0.906. The minimum atomic E-state index is -1.01. The number of rotatable bonds is 30. The third-order valence-electron chi connectivity index (χ3n) is 8.12. The van der Waals surface area contributed by atoms with Crippen LogP contribution in [0.15, 0.2) is 18.2 Å². The number of amides is 4.